The summed E-state index contributed by atoms with van der Waals surface area (Å²) in [5.41, 5.74) is 2.61. The molecule has 22 heavy (non-hydrogen) atoms. The van der Waals surface area contributed by atoms with Gasteiger partial charge >= 0.3 is 0 Å². The van der Waals surface area contributed by atoms with Crippen molar-refractivity contribution < 1.29 is 4.79 Å². The van der Waals surface area contributed by atoms with Gasteiger partial charge in [-0.15, -0.1) is 12.4 Å². The number of aromatic nitrogens is 2. The van der Waals surface area contributed by atoms with Crippen molar-refractivity contribution in [1.82, 2.24) is 15.3 Å². The highest BCUT2D eigenvalue weighted by molar-refractivity contribution is 5.91. The number of hydrogen-bond acceptors (Lipinski definition) is 4. The van der Waals surface area contributed by atoms with E-state index in [0.717, 1.165) is 35.7 Å². The number of rotatable bonds is 6. The van der Waals surface area contributed by atoms with Gasteiger partial charge in [0.25, 0.3) is 0 Å². The van der Waals surface area contributed by atoms with Crippen molar-refractivity contribution in [2.24, 2.45) is 0 Å². The Kier molecular flexibility index (Phi) is 7.49. The maximum absolute atomic E-state index is 11.8. The lowest BCUT2D eigenvalue weighted by Crippen LogP contribution is -2.15. The van der Waals surface area contributed by atoms with Gasteiger partial charge in [-0.05, 0) is 45.1 Å². The molecule has 0 aliphatic carbocycles. The quantitative estimate of drug-likeness (QED) is 0.803. The smallest absolute Gasteiger partial charge is 0.224 e. The fourth-order valence-corrected chi connectivity index (χ4v) is 2.02. The second-order valence-corrected chi connectivity index (χ2v) is 4.83. The summed E-state index contributed by atoms with van der Waals surface area (Å²) in [6.07, 6.45) is 3.07. The molecule has 1 aromatic heterocycles. The molecule has 1 heterocycles. The van der Waals surface area contributed by atoms with Gasteiger partial charge < -0.3 is 10.6 Å². The van der Waals surface area contributed by atoms with Crippen LogP contribution in [0.4, 0.5) is 5.69 Å². The van der Waals surface area contributed by atoms with Crippen LogP contribution in [0.5, 0.6) is 0 Å². The zero-order valence-corrected chi connectivity index (χ0v) is 13.6. The lowest BCUT2D eigenvalue weighted by Gasteiger charge is -2.07. The van der Waals surface area contributed by atoms with Gasteiger partial charge in [-0.2, -0.15) is 0 Å². The van der Waals surface area contributed by atoms with E-state index >= 15 is 0 Å². The number of anilines is 1. The lowest BCUT2D eigenvalue weighted by molar-refractivity contribution is -0.116. The van der Waals surface area contributed by atoms with Gasteiger partial charge in [-0.25, -0.2) is 9.97 Å². The van der Waals surface area contributed by atoms with E-state index in [4.69, 9.17) is 0 Å². The molecular weight excluding hydrogens is 300 g/mol. The van der Waals surface area contributed by atoms with Crippen molar-refractivity contribution in [2.45, 2.75) is 19.8 Å². The van der Waals surface area contributed by atoms with E-state index < -0.39 is 0 Å². The van der Waals surface area contributed by atoms with E-state index in [1.54, 1.807) is 6.20 Å². The fourth-order valence-electron chi connectivity index (χ4n) is 2.02. The Balaban J connectivity index is 0.00000242. The Labute approximate surface area is 137 Å². The number of nitrogens with one attached hydrogen (secondary N) is 2. The first kappa shape index (κ1) is 18.1. The number of benzene rings is 1. The number of aryl methyl sites for hydroxylation is 1. The van der Waals surface area contributed by atoms with E-state index in [1.165, 1.54) is 0 Å². The standard InChI is InChI=1S/C16H20N4O.ClH/c1-12-18-10-8-15(19-12)13-5-3-6-14(11-13)20-16(21)7-4-9-17-2;/h3,5-6,8,10-11,17H,4,7,9H2,1-2H3,(H,20,21);1H. The Morgan fingerprint density at radius 3 is 2.82 bits per heavy atom. The Hall–Kier alpha value is -1.98. The van der Waals surface area contributed by atoms with Gasteiger partial charge in [0.1, 0.15) is 5.82 Å². The van der Waals surface area contributed by atoms with Crippen molar-refractivity contribution >= 4 is 24.0 Å². The fraction of sp³-hybridized carbons (Fsp3) is 0.312. The molecule has 0 bridgehead atoms. The topological polar surface area (TPSA) is 66.9 Å². The summed E-state index contributed by atoms with van der Waals surface area (Å²) in [5, 5.41) is 5.94. The number of nitrogens with zero attached hydrogens (tertiary/aromatic N) is 2. The molecule has 2 N–H and O–H groups in total. The van der Waals surface area contributed by atoms with Crippen molar-refractivity contribution in [2.75, 3.05) is 18.9 Å². The summed E-state index contributed by atoms with van der Waals surface area (Å²) < 4.78 is 0. The minimum atomic E-state index is 0. The minimum Gasteiger partial charge on any atom is -0.326 e. The molecule has 0 unspecified atom stereocenters. The number of halogens is 1. The van der Waals surface area contributed by atoms with Gasteiger partial charge in [0.05, 0.1) is 5.69 Å². The highest BCUT2D eigenvalue weighted by Crippen LogP contribution is 2.20. The Bertz CT molecular complexity index is 619. The molecule has 2 aromatic rings. The average Bonchev–Trinajstić information content (AvgIpc) is 2.48. The number of hydrogen-bond donors (Lipinski definition) is 2. The van der Waals surface area contributed by atoms with E-state index in [0.29, 0.717) is 6.42 Å². The van der Waals surface area contributed by atoms with Crippen LogP contribution in [0.25, 0.3) is 11.3 Å². The maximum Gasteiger partial charge on any atom is 0.224 e. The van der Waals surface area contributed by atoms with Crippen LogP contribution >= 0.6 is 12.4 Å². The molecule has 0 fully saturated rings. The van der Waals surface area contributed by atoms with Crippen LogP contribution in [-0.2, 0) is 4.79 Å². The molecular formula is C16H21ClN4O. The average molecular weight is 321 g/mol. The van der Waals surface area contributed by atoms with Crippen molar-refractivity contribution in [1.29, 1.82) is 0 Å². The van der Waals surface area contributed by atoms with Crippen LogP contribution in [0.1, 0.15) is 18.7 Å². The summed E-state index contributed by atoms with van der Waals surface area (Å²) in [4.78, 5) is 20.3. The first-order chi connectivity index (χ1) is 10.2. The summed E-state index contributed by atoms with van der Waals surface area (Å²) in [6, 6.07) is 9.56. The van der Waals surface area contributed by atoms with Gasteiger partial charge in [0.2, 0.25) is 5.91 Å². The second-order valence-electron chi connectivity index (χ2n) is 4.83. The van der Waals surface area contributed by atoms with Crippen LogP contribution in [0.2, 0.25) is 0 Å². The summed E-state index contributed by atoms with van der Waals surface area (Å²) in [5.74, 6) is 0.760. The molecule has 0 aliphatic heterocycles. The van der Waals surface area contributed by atoms with Gasteiger partial charge in [0, 0.05) is 23.9 Å². The van der Waals surface area contributed by atoms with Crippen LogP contribution in [0, 0.1) is 6.92 Å². The predicted molar refractivity (Wildman–Crippen MR) is 91.2 cm³/mol. The summed E-state index contributed by atoms with van der Waals surface area (Å²) >= 11 is 0. The van der Waals surface area contributed by atoms with Crippen LogP contribution in [-0.4, -0.2) is 29.5 Å². The molecule has 6 heteroatoms. The van der Waals surface area contributed by atoms with Crippen molar-refractivity contribution in [3.8, 4) is 11.3 Å². The molecule has 0 radical (unpaired) electrons. The number of carbonyl (C=O) groups excluding carboxylic acids is 1. The normalized spacial score (nSPS) is 9.91. The maximum atomic E-state index is 11.8. The third-order valence-corrected chi connectivity index (χ3v) is 3.05. The Morgan fingerprint density at radius 1 is 1.27 bits per heavy atom. The van der Waals surface area contributed by atoms with E-state index in [2.05, 4.69) is 20.6 Å². The zero-order chi connectivity index (χ0) is 15.1. The first-order valence-electron chi connectivity index (χ1n) is 7.03. The van der Waals surface area contributed by atoms with Gasteiger partial charge in [0.15, 0.2) is 0 Å². The van der Waals surface area contributed by atoms with E-state index in [-0.39, 0.29) is 18.3 Å². The van der Waals surface area contributed by atoms with Gasteiger partial charge in [-0.1, -0.05) is 12.1 Å². The third kappa shape index (κ3) is 5.42. The molecule has 5 nitrogen and oxygen atoms in total. The molecule has 0 atom stereocenters. The largest absolute Gasteiger partial charge is 0.326 e. The molecule has 0 saturated carbocycles. The van der Waals surface area contributed by atoms with Gasteiger partial charge in [-0.3, -0.25) is 4.79 Å². The zero-order valence-electron chi connectivity index (χ0n) is 12.8. The third-order valence-electron chi connectivity index (χ3n) is 3.05. The second kappa shape index (κ2) is 9.12. The Morgan fingerprint density at radius 2 is 2.09 bits per heavy atom. The van der Waals surface area contributed by atoms with Crippen molar-refractivity contribution in [3.05, 3.63) is 42.4 Å². The molecule has 2 rings (SSSR count). The summed E-state index contributed by atoms with van der Waals surface area (Å²) in [6.45, 7) is 2.70. The minimum absolute atomic E-state index is 0. The number of amides is 1. The van der Waals surface area contributed by atoms with Crippen LogP contribution in [0.3, 0.4) is 0 Å². The lowest BCUT2D eigenvalue weighted by atomic mass is 10.1. The van der Waals surface area contributed by atoms with Crippen LogP contribution < -0.4 is 10.6 Å². The SMILES string of the molecule is CNCCCC(=O)Nc1cccc(-c2ccnc(C)n2)c1.Cl. The van der Waals surface area contributed by atoms with E-state index in [9.17, 15) is 4.79 Å². The molecule has 0 saturated heterocycles. The van der Waals surface area contributed by atoms with E-state index in [1.807, 2.05) is 44.3 Å². The number of carbonyl (C=O) groups is 1. The van der Waals surface area contributed by atoms with Crippen LogP contribution in [0.15, 0.2) is 36.5 Å². The molecule has 1 amide bonds. The molecule has 0 spiro atoms. The first-order valence-corrected chi connectivity index (χ1v) is 7.03. The summed E-state index contributed by atoms with van der Waals surface area (Å²) in [7, 11) is 1.88. The van der Waals surface area contributed by atoms with Crippen molar-refractivity contribution in [3.63, 3.8) is 0 Å². The molecule has 118 valence electrons. The highest BCUT2D eigenvalue weighted by Gasteiger charge is 2.05. The monoisotopic (exact) mass is 320 g/mol. The highest BCUT2D eigenvalue weighted by atomic mass is 35.5. The predicted octanol–water partition coefficient (Wildman–Crippen LogP) is 2.81. The molecule has 1 aromatic carbocycles. The molecule has 0 aliphatic rings.